The summed E-state index contributed by atoms with van der Waals surface area (Å²) in [5.41, 5.74) is 0.756. The van der Waals surface area contributed by atoms with Crippen LogP contribution >= 0.6 is 23.3 Å². The fourth-order valence-corrected chi connectivity index (χ4v) is 6.14. The van der Waals surface area contributed by atoms with Crippen LogP contribution in [0.25, 0.3) is 0 Å². The Hall–Kier alpha value is -2.92. The number of halogens is 3. The molecule has 1 N–H and O–H groups in total. The standard InChI is InChI=1S/C23H22F3N7OS2/c24-23(25,26)18-10-16(3-2-15(18)11-27)32-6-4-17-19(13-32)29-14-30-21(17)31-22-28-12-20(35-22)36-33-5-1-8-34-9-7-33/h2-3,10,12,14H,1,4-9,13H2,(H,28,29,30,31). The normalized spacial score (nSPS) is 16.8. The number of ether oxygens (including phenoxy) is 1. The highest BCUT2D eigenvalue weighted by atomic mass is 32.2. The molecule has 1 saturated heterocycles. The number of hydrogen-bond donors (Lipinski definition) is 1. The van der Waals surface area contributed by atoms with E-state index in [0.717, 1.165) is 54.3 Å². The molecule has 8 nitrogen and oxygen atoms in total. The highest BCUT2D eigenvalue weighted by Gasteiger charge is 2.34. The van der Waals surface area contributed by atoms with Gasteiger partial charge in [-0.2, -0.15) is 18.4 Å². The predicted octanol–water partition coefficient (Wildman–Crippen LogP) is 4.86. The van der Waals surface area contributed by atoms with Crippen molar-refractivity contribution in [2.75, 3.05) is 43.1 Å². The van der Waals surface area contributed by atoms with Gasteiger partial charge in [0.15, 0.2) is 5.13 Å². The van der Waals surface area contributed by atoms with Crippen molar-refractivity contribution in [3.8, 4) is 6.07 Å². The molecule has 0 unspecified atom stereocenters. The predicted molar refractivity (Wildman–Crippen MR) is 131 cm³/mol. The minimum Gasteiger partial charge on any atom is -0.380 e. The van der Waals surface area contributed by atoms with E-state index in [1.165, 1.54) is 23.7 Å². The zero-order valence-electron chi connectivity index (χ0n) is 19.1. The molecule has 0 amide bonds. The van der Waals surface area contributed by atoms with Crippen molar-refractivity contribution in [1.29, 1.82) is 5.26 Å². The van der Waals surface area contributed by atoms with Crippen molar-refractivity contribution in [3.63, 3.8) is 0 Å². The van der Waals surface area contributed by atoms with E-state index >= 15 is 0 Å². The van der Waals surface area contributed by atoms with Gasteiger partial charge in [0.25, 0.3) is 0 Å². The molecular weight excluding hydrogens is 511 g/mol. The molecule has 0 atom stereocenters. The van der Waals surface area contributed by atoms with Gasteiger partial charge in [0, 0.05) is 37.5 Å². The van der Waals surface area contributed by atoms with Crippen molar-refractivity contribution < 1.29 is 17.9 Å². The van der Waals surface area contributed by atoms with Gasteiger partial charge in [-0.3, -0.25) is 0 Å². The summed E-state index contributed by atoms with van der Waals surface area (Å²) in [6.45, 7) is 4.17. The molecule has 188 valence electrons. The summed E-state index contributed by atoms with van der Waals surface area (Å²) in [4.78, 5) is 15.1. The average molecular weight is 534 g/mol. The average Bonchev–Trinajstić information content (AvgIpc) is 3.14. The van der Waals surface area contributed by atoms with Crippen LogP contribution in [-0.2, 0) is 23.9 Å². The van der Waals surface area contributed by atoms with Gasteiger partial charge in [-0.05, 0) is 43.0 Å². The van der Waals surface area contributed by atoms with E-state index in [2.05, 4.69) is 24.6 Å². The van der Waals surface area contributed by atoms with E-state index in [1.807, 2.05) is 11.1 Å². The molecule has 5 rings (SSSR count). The Labute approximate surface area is 214 Å². The molecule has 2 aliphatic heterocycles. The number of alkyl halides is 3. The van der Waals surface area contributed by atoms with E-state index in [9.17, 15) is 13.2 Å². The third-order valence-electron chi connectivity index (χ3n) is 5.91. The van der Waals surface area contributed by atoms with Gasteiger partial charge in [-0.15, -0.1) is 0 Å². The van der Waals surface area contributed by atoms with Gasteiger partial charge in [0.05, 0.1) is 46.4 Å². The Kier molecular flexibility index (Phi) is 7.29. The van der Waals surface area contributed by atoms with Crippen LogP contribution in [0.2, 0.25) is 0 Å². The molecular formula is C23H22F3N7OS2. The monoisotopic (exact) mass is 533 g/mol. The molecule has 0 aliphatic carbocycles. The molecule has 0 saturated carbocycles. The molecule has 0 radical (unpaired) electrons. The summed E-state index contributed by atoms with van der Waals surface area (Å²) in [7, 11) is 0. The van der Waals surface area contributed by atoms with Gasteiger partial charge in [-0.25, -0.2) is 19.3 Å². The first kappa shape index (κ1) is 24.8. The summed E-state index contributed by atoms with van der Waals surface area (Å²) in [6, 6.07) is 5.43. The van der Waals surface area contributed by atoms with Gasteiger partial charge < -0.3 is 15.0 Å². The van der Waals surface area contributed by atoms with Crippen LogP contribution < -0.4 is 10.2 Å². The Morgan fingerprint density at radius 3 is 2.86 bits per heavy atom. The SMILES string of the molecule is N#Cc1ccc(N2CCc3c(ncnc3Nc3ncc(SN4CCCOCC4)s3)C2)cc1C(F)(F)F. The van der Waals surface area contributed by atoms with Crippen LogP contribution in [0.1, 0.15) is 28.8 Å². The van der Waals surface area contributed by atoms with Gasteiger partial charge in [0.2, 0.25) is 0 Å². The van der Waals surface area contributed by atoms with Crippen LogP contribution in [0.15, 0.2) is 34.9 Å². The lowest BCUT2D eigenvalue weighted by molar-refractivity contribution is -0.137. The van der Waals surface area contributed by atoms with Crippen molar-refractivity contribution in [2.24, 2.45) is 0 Å². The van der Waals surface area contributed by atoms with Gasteiger partial charge in [0.1, 0.15) is 12.1 Å². The fourth-order valence-electron chi connectivity index (χ4n) is 4.15. The van der Waals surface area contributed by atoms with E-state index < -0.39 is 11.7 Å². The summed E-state index contributed by atoms with van der Waals surface area (Å²) < 4.78 is 49.1. The molecule has 13 heteroatoms. The number of aromatic nitrogens is 3. The number of rotatable bonds is 5. The molecule has 3 aromatic rings. The minimum absolute atomic E-state index is 0.339. The second kappa shape index (κ2) is 10.6. The van der Waals surface area contributed by atoms with E-state index in [0.29, 0.717) is 36.1 Å². The maximum atomic E-state index is 13.4. The summed E-state index contributed by atoms with van der Waals surface area (Å²) in [5, 5.41) is 13.1. The van der Waals surface area contributed by atoms with Crippen molar-refractivity contribution in [2.45, 2.75) is 29.8 Å². The number of nitrogens with one attached hydrogen (secondary N) is 1. The Balaban J connectivity index is 1.30. The zero-order chi connectivity index (χ0) is 25.1. The third-order valence-corrected chi connectivity index (χ3v) is 8.00. The minimum atomic E-state index is -4.60. The number of thiazole rings is 1. The van der Waals surface area contributed by atoms with Crippen LogP contribution in [0.3, 0.4) is 0 Å². The number of anilines is 3. The molecule has 0 bridgehead atoms. The molecule has 1 fully saturated rings. The van der Waals surface area contributed by atoms with Crippen molar-refractivity contribution in [3.05, 3.63) is 53.1 Å². The lowest BCUT2D eigenvalue weighted by atomic mass is 10.0. The topological polar surface area (TPSA) is 90.2 Å². The maximum absolute atomic E-state index is 13.4. The Morgan fingerprint density at radius 2 is 2.03 bits per heavy atom. The third kappa shape index (κ3) is 5.57. The number of nitrogens with zero attached hydrogens (tertiary/aromatic N) is 6. The zero-order valence-corrected chi connectivity index (χ0v) is 20.7. The molecule has 2 aliphatic rings. The summed E-state index contributed by atoms with van der Waals surface area (Å²) >= 11 is 3.21. The lowest BCUT2D eigenvalue weighted by Gasteiger charge is -2.31. The van der Waals surface area contributed by atoms with Crippen LogP contribution in [-0.4, -0.2) is 52.1 Å². The van der Waals surface area contributed by atoms with E-state index in [1.54, 1.807) is 24.1 Å². The van der Waals surface area contributed by atoms with Crippen molar-refractivity contribution in [1.82, 2.24) is 19.3 Å². The summed E-state index contributed by atoms with van der Waals surface area (Å²) in [6.07, 6.45) is 0.245. The maximum Gasteiger partial charge on any atom is 0.417 e. The van der Waals surface area contributed by atoms with E-state index in [4.69, 9.17) is 10.00 Å². The lowest BCUT2D eigenvalue weighted by Crippen LogP contribution is -2.32. The molecule has 36 heavy (non-hydrogen) atoms. The molecule has 0 spiro atoms. The van der Waals surface area contributed by atoms with Gasteiger partial charge >= 0.3 is 6.18 Å². The molecule has 1 aromatic carbocycles. The van der Waals surface area contributed by atoms with Gasteiger partial charge in [-0.1, -0.05) is 11.3 Å². The second-order valence-corrected chi connectivity index (χ2v) is 10.7. The smallest absolute Gasteiger partial charge is 0.380 e. The first-order valence-corrected chi connectivity index (χ1v) is 12.9. The Morgan fingerprint density at radius 1 is 1.14 bits per heavy atom. The number of fused-ring (bicyclic) bond motifs is 1. The largest absolute Gasteiger partial charge is 0.417 e. The number of benzene rings is 1. The highest BCUT2D eigenvalue weighted by Crippen LogP contribution is 2.37. The first-order chi connectivity index (χ1) is 17.4. The highest BCUT2D eigenvalue weighted by molar-refractivity contribution is 7.99. The first-order valence-electron chi connectivity index (χ1n) is 11.3. The molecule has 2 aromatic heterocycles. The number of hydrogen-bond acceptors (Lipinski definition) is 10. The summed E-state index contributed by atoms with van der Waals surface area (Å²) in [5.74, 6) is 0.657. The van der Waals surface area contributed by atoms with Crippen molar-refractivity contribution >= 4 is 39.9 Å². The van der Waals surface area contributed by atoms with Crippen LogP contribution in [0.4, 0.5) is 29.8 Å². The van der Waals surface area contributed by atoms with Crippen LogP contribution in [0.5, 0.6) is 0 Å². The second-order valence-electron chi connectivity index (χ2n) is 8.25. The quantitative estimate of drug-likeness (QED) is 0.462. The fraction of sp³-hybridized carbons (Fsp3) is 0.391. The van der Waals surface area contributed by atoms with Crippen LogP contribution in [0, 0.1) is 11.3 Å². The number of nitriles is 1. The van der Waals surface area contributed by atoms with E-state index in [-0.39, 0.29) is 5.56 Å². The molecule has 4 heterocycles. The Bertz CT molecular complexity index is 1270.